The molecule has 2 aliphatic carbocycles. The van der Waals surface area contributed by atoms with Crippen LogP contribution in [-0.2, 0) is 6.42 Å². The highest BCUT2D eigenvalue weighted by molar-refractivity contribution is 5.19. The van der Waals surface area contributed by atoms with Crippen molar-refractivity contribution in [2.24, 2.45) is 23.7 Å². The van der Waals surface area contributed by atoms with Gasteiger partial charge in [0.05, 0.1) is 0 Å². The van der Waals surface area contributed by atoms with Crippen molar-refractivity contribution in [2.45, 2.75) is 84.0 Å². The molecule has 26 heavy (non-hydrogen) atoms. The minimum Gasteiger partial charge on any atom is -0.204 e. The Balaban J connectivity index is 1.35. The second-order valence-electron chi connectivity index (χ2n) is 9.00. The molecule has 1 aromatic rings. The molecule has 0 unspecified atom stereocenters. The lowest BCUT2D eigenvalue weighted by atomic mass is 9.75. The Morgan fingerprint density at radius 2 is 1.12 bits per heavy atom. The van der Waals surface area contributed by atoms with E-state index in [9.17, 15) is 13.2 Å². The molecule has 0 radical (unpaired) electrons. The fourth-order valence-electron chi connectivity index (χ4n) is 5.02. The van der Waals surface area contributed by atoms with Crippen LogP contribution in [0.3, 0.4) is 0 Å². The highest BCUT2D eigenvalue weighted by Crippen LogP contribution is 2.37. The molecular weight excluding hydrogens is 333 g/mol. The molecule has 2 fully saturated rings. The van der Waals surface area contributed by atoms with E-state index in [0.29, 0.717) is 17.9 Å². The Labute approximate surface area is 156 Å². The first-order valence-electron chi connectivity index (χ1n) is 10.6. The highest BCUT2D eigenvalue weighted by atomic mass is 19.2. The van der Waals surface area contributed by atoms with Crippen molar-refractivity contribution in [3.63, 3.8) is 0 Å². The van der Waals surface area contributed by atoms with E-state index in [0.717, 1.165) is 36.3 Å². The first-order valence-corrected chi connectivity index (χ1v) is 10.6. The monoisotopic (exact) mass is 366 g/mol. The summed E-state index contributed by atoms with van der Waals surface area (Å²) in [5.74, 6) is -0.0653. The number of rotatable bonds is 6. The SMILES string of the molecule is CC1CCC(CCC2CCC(CCc3cc(F)c(F)c(F)c3)CC2)CC1. The van der Waals surface area contributed by atoms with Crippen LogP contribution in [0.15, 0.2) is 12.1 Å². The Bertz CT molecular complexity index is 544. The lowest BCUT2D eigenvalue weighted by Gasteiger charge is -2.31. The summed E-state index contributed by atoms with van der Waals surface area (Å²) in [6.45, 7) is 2.38. The number of hydrogen-bond acceptors (Lipinski definition) is 0. The maximum atomic E-state index is 13.3. The third-order valence-corrected chi connectivity index (χ3v) is 6.97. The van der Waals surface area contributed by atoms with Gasteiger partial charge in [-0.3, -0.25) is 0 Å². The van der Waals surface area contributed by atoms with Gasteiger partial charge < -0.3 is 0 Å². The van der Waals surface area contributed by atoms with Crippen LogP contribution >= 0.6 is 0 Å². The van der Waals surface area contributed by atoms with Crippen LogP contribution in [0.2, 0.25) is 0 Å². The van der Waals surface area contributed by atoms with Crippen LogP contribution in [0.1, 0.15) is 83.1 Å². The molecule has 0 heterocycles. The molecule has 2 saturated carbocycles. The van der Waals surface area contributed by atoms with Crippen LogP contribution in [0.5, 0.6) is 0 Å². The largest absolute Gasteiger partial charge is 0.204 e. The van der Waals surface area contributed by atoms with Crippen molar-refractivity contribution in [2.75, 3.05) is 0 Å². The van der Waals surface area contributed by atoms with Crippen molar-refractivity contribution in [3.05, 3.63) is 35.1 Å². The van der Waals surface area contributed by atoms with Crippen molar-refractivity contribution in [1.29, 1.82) is 0 Å². The van der Waals surface area contributed by atoms with Gasteiger partial charge >= 0.3 is 0 Å². The molecule has 0 N–H and O–H groups in total. The van der Waals surface area contributed by atoms with Crippen molar-refractivity contribution in [1.82, 2.24) is 0 Å². The van der Waals surface area contributed by atoms with Gasteiger partial charge in [-0.05, 0) is 54.2 Å². The van der Waals surface area contributed by atoms with E-state index >= 15 is 0 Å². The van der Waals surface area contributed by atoms with Crippen LogP contribution in [0.25, 0.3) is 0 Å². The second kappa shape index (κ2) is 9.28. The number of hydrogen-bond donors (Lipinski definition) is 0. The molecule has 0 saturated heterocycles. The van der Waals surface area contributed by atoms with Crippen molar-refractivity contribution >= 4 is 0 Å². The maximum Gasteiger partial charge on any atom is 0.194 e. The molecule has 0 atom stereocenters. The molecule has 1 aromatic carbocycles. The lowest BCUT2D eigenvalue weighted by Crippen LogP contribution is -2.18. The minimum absolute atomic E-state index is 0.579. The zero-order valence-corrected chi connectivity index (χ0v) is 16.1. The molecule has 0 amide bonds. The Morgan fingerprint density at radius 3 is 1.62 bits per heavy atom. The molecule has 3 heteroatoms. The molecule has 146 valence electrons. The lowest BCUT2D eigenvalue weighted by molar-refractivity contribution is 0.217. The third kappa shape index (κ3) is 5.50. The third-order valence-electron chi connectivity index (χ3n) is 6.97. The Kier molecular flexibility index (Phi) is 7.05. The fraction of sp³-hybridized carbons (Fsp3) is 0.739. The summed E-state index contributed by atoms with van der Waals surface area (Å²) in [6.07, 6.45) is 15.2. The fourth-order valence-corrected chi connectivity index (χ4v) is 5.02. The van der Waals surface area contributed by atoms with E-state index in [-0.39, 0.29) is 0 Å². The second-order valence-corrected chi connectivity index (χ2v) is 9.00. The summed E-state index contributed by atoms with van der Waals surface area (Å²) in [6, 6.07) is 2.30. The molecular formula is C23H33F3. The van der Waals surface area contributed by atoms with E-state index in [2.05, 4.69) is 6.92 Å². The van der Waals surface area contributed by atoms with Crippen LogP contribution in [0, 0.1) is 41.1 Å². The predicted octanol–water partition coefficient (Wildman–Crippen LogP) is 7.45. The first-order chi connectivity index (χ1) is 12.5. The maximum absolute atomic E-state index is 13.3. The summed E-state index contributed by atoms with van der Waals surface area (Å²) in [4.78, 5) is 0. The van der Waals surface area contributed by atoms with Gasteiger partial charge in [-0.2, -0.15) is 0 Å². The highest BCUT2D eigenvalue weighted by Gasteiger charge is 2.24. The Morgan fingerprint density at radius 1 is 0.692 bits per heavy atom. The summed E-state index contributed by atoms with van der Waals surface area (Å²) < 4.78 is 39.6. The molecule has 0 aliphatic heterocycles. The van der Waals surface area contributed by atoms with Gasteiger partial charge in [0.15, 0.2) is 17.5 Å². The molecule has 0 nitrogen and oxygen atoms in total. The van der Waals surface area contributed by atoms with Gasteiger partial charge in [0.1, 0.15) is 0 Å². The molecule has 0 spiro atoms. The van der Waals surface area contributed by atoms with Gasteiger partial charge in [0.25, 0.3) is 0 Å². The van der Waals surface area contributed by atoms with E-state index < -0.39 is 17.5 Å². The average Bonchev–Trinajstić information content (AvgIpc) is 2.64. The first kappa shape index (κ1) is 19.8. The number of halogens is 3. The Hall–Kier alpha value is -0.990. The quantitative estimate of drug-likeness (QED) is 0.459. The van der Waals surface area contributed by atoms with Crippen LogP contribution in [-0.4, -0.2) is 0 Å². The van der Waals surface area contributed by atoms with E-state index in [1.54, 1.807) is 0 Å². The van der Waals surface area contributed by atoms with Crippen molar-refractivity contribution < 1.29 is 13.2 Å². The topological polar surface area (TPSA) is 0 Å². The van der Waals surface area contributed by atoms with E-state index in [4.69, 9.17) is 0 Å². The zero-order chi connectivity index (χ0) is 18.5. The van der Waals surface area contributed by atoms with Gasteiger partial charge in [0, 0.05) is 0 Å². The zero-order valence-electron chi connectivity index (χ0n) is 16.1. The van der Waals surface area contributed by atoms with Crippen molar-refractivity contribution in [3.8, 4) is 0 Å². The molecule has 0 bridgehead atoms. The summed E-state index contributed by atoms with van der Waals surface area (Å²) in [5.41, 5.74) is 0.579. The average molecular weight is 367 g/mol. The number of benzene rings is 1. The molecule has 2 aliphatic rings. The van der Waals surface area contributed by atoms with Gasteiger partial charge in [-0.15, -0.1) is 0 Å². The summed E-state index contributed by atoms with van der Waals surface area (Å²) >= 11 is 0. The predicted molar refractivity (Wildman–Crippen MR) is 100 cm³/mol. The van der Waals surface area contributed by atoms with Gasteiger partial charge in [0.2, 0.25) is 0 Å². The van der Waals surface area contributed by atoms with Gasteiger partial charge in [-0.1, -0.05) is 71.1 Å². The van der Waals surface area contributed by atoms with E-state index in [1.807, 2.05) is 0 Å². The smallest absolute Gasteiger partial charge is 0.194 e. The molecule has 3 rings (SSSR count). The summed E-state index contributed by atoms with van der Waals surface area (Å²) in [7, 11) is 0. The minimum atomic E-state index is -1.36. The van der Waals surface area contributed by atoms with E-state index in [1.165, 1.54) is 64.2 Å². The standard InChI is InChI=1S/C23H33F3/c1-16-2-4-17(5-3-16)6-7-18-8-10-19(11-9-18)12-13-20-14-21(24)23(26)22(25)15-20/h14-19H,2-13H2,1H3. The van der Waals surface area contributed by atoms with Gasteiger partial charge in [-0.25, -0.2) is 13.2 Å². The van der Waals surface area contributed by atoms with Crippen LogP contribution in [0.4, 0.5) is 13.2 Å². The normalized spacial score (nSPS) is 29.7. The number of aryl methyl sites for hydroxylation is 1. The van der Waals surface area contributed by atoms with Crippen LogP contribution < -0.4 is 0 Å². The molecule has 0 aromatic heterocycles. The summed E-state index contributed by atoms with van der Waals surface area (Å²) in [5, 5.41) is 0.